The molecule has 3 aliphatic rings. The van der Waals surface area contributed by atoms with Crippen molar-refractivity contribution in [2.45, 2.75) is 19.6 Å². The van der Waals surface area contributed by atoms with Crippen LogP contribution in [0.15, 0.2) is 54.6 Å². The van der Waals surface area contributed by atoms with E-state index in [-0.39, 0.29) is 20.4 Å². The van der Waals surface area contributed by atoms with Crippen molar-refractivity contribution in [1.29, 1.82) is 0 Å². The van der Waals surface area contributed by atoms with Gasteiger partial charge in [0.15, 0.2) is 34.5 Å². The first kappa shape index (κ1) is 23.0. The van der Waals surface area contributed by atoms with Crippen LogP contribution in [0.25, 0.3) is 0 Å². The second kappa shape index (κ2) is 9.97. The molecule has 3 aromatic carbocycles. The zero-order chi connectivity index (χ0) is 26.0. The minimum absolute atomic E-state index is 0.233. The van der Waals surface area contributed by atoms with Gasteiger partial charge in [0.05, 0.1) is 0 Å². The lowest BCUT2D eigenvalue weighted by molar-refractivity contribution is 0.173. The highest BCUT2D eigenvalue weighted by Crippen LogP contribution is 2.34. The van der Waals surface area contributed by atoms with Crippen LogP contribution in [0.1, 0.15) is 16.7 Å². The fourth-order valence-corrected chi connectivity index (χ4v) is 4.31. The maximum Gasteiger partial charge on any atom is 0.231 e. The predicted molar refractivity (Wildman–Crippen MR) is 140 cm³/mol. The lowest BCUT2D eigenvalue weighted by atomic mass is 10.2. The molecular weight excluding hydrogens is 504 g/mol. The molecule has 0 saturated carbocycles. The molecule has 0 amide bonds. The third-order valence-corrected chi connectivity index (χ3v) is 6.30. The van der Waals surface area contributed by atoms with E-state index in [1.54, 1.807) is 0 Å². The number of aromatic nitrogens is 3. The second-order valence-corrected chi connectivity index (χ2v) is 8.93. The van der Waals surface area contributed by atoms with E-state index in [4.69, 9.17) is 28.4 Å². The number of hydrogen-bond donors (Lipinski definition) is 3. The van der Waals surface area contributed by atoms with E-state index >= 15 is 0 Å². The number of fused-ring (bicyclic) bond motifs is 3. The summed E-state index contributed by atoms with van der Waals surface area (Å²) < 4.78 is 32.7. The lowest BCUT2D eigenvalue weighted by Crippen LogP contribution is -2.12. The van der Waals surface area contributed by atoms with Crippen LogP contribution in [-0.2, 0) is 19.6 Å². The first-order chi connectivity index (χ1) is 19.2. The van der Waals surface area contributed by atoms with Gasteiger partial charge in [0.25, 0.3) is 0 Å². The fraction of sp³-hybridized carbons (Fsp3) is 0.222. The Bertz CT molecular complexity index is 1340. The van der Waals surface area contributed by atoms with E-state index in [9.17, 15) is 0 Å². The van der Waals surface area contributed by atoms with Crippen LogP contribution < -0.4 is 44.4 Å². The van der Waals surface area contributed by atoms with E-state index in [1.165, 1.54) is 0 Å². The van der Waals surface area contributed by atoms with Gasteiger partial charge >= 0.3 is 0 Å². The highest BCUT2D eigenvalue weighted by atomic mass is 16.7. The Morgan fingerprint density at radius 1 is 0.436 bits per heavy atom. The third-order valence-electron chi connectivity index (χ3n) is 6.30. The number of ether oxygens (including phenoxy) is 6. The van der Waals surface area contributed by atoms with E-state index in [0.29, 0.717) is 37.5 Å². The Hall–Kier alpha value is -5.13. The highest BCUT2D eigenvalue weighted by Gasteiger charge is 2.16. The van der Waals surface area contributed by atoms with Gasteiger partial charge < -0.3 is 44.4 Å². The molecule has 12 nitrogen and oxygen atoms in total. The smallest absolute Gasteiger partial charge is 0.231 e. The Balaban J connectivity index is 1.08. The fourth-order valence-electron chi connectivity index (χ4n) is 4.31. The minimum atomic E-state index is 0.233. The van der Waals surface area contributed by atoms with Crippen LogP contribution in [0.5, 0.6) is 34.5 Å². The van der Waals surface area contributed by atoms with Crippen molar-refractivity contribution in [3.8, 4) is 34.5 Å². The number of nitrogens with zero attached hydrogens (tertiary/aromatic N) is 3. The highest BCUT2D eigenvalue weighted by molar-refractivity contribution is 5.49. The normalized spacial score (nSPS) is 13.8. The lowest BCUT2D eigenvalue weighted by Gasteiger charge is -2.12. The second-order valence-electron chi connectivity index (χ2n) is 8.93. The van der Waals surface area contributed by atoms with Crippen LogP contribution in [0.3, 0.4) is 0 Å². The van der Waals surface area contributed by atoms with Crippen molar-refractivity contribution in [3.05, 3.63) is 71.3 Å². The summed E-state index contributed by atoms with van der Waals surface area (Å²) in [6, 6.07) is 17.4. The van der Waals surface area contributed by atoms with Crippen molar-refractivity contribution in [3.63, 3.8) is 0 Å². The maximum atomic E-state index is 5.49. The maximum absolute atomic E-state index is 5.49. The zero-order valence-corrected chi connectivity index (χ0v) is 20.7. The molecule has 4 aromatic rings. The molecule has 3 N–H and O–H groups in total. The van der Waals surface area contributed by atoms with Gasteiger partial charge in [0, 0.05) is 19.6 Å². The Morgan fingerprint density at radius 2 is 0.744 bits per heavy atom. The zero-order valence-electron chi connectivity index (χ0n) is 20.7. The Kier molecular flexibility index (Phi) is 5.88. The number of nitrogens with one attached hydrogen (secondary N) is 3. The van der Waals surface area contributed by atoms with E-state index < -0.39 is 0 Å². The monoisotopic (exact) mass is 528 g/mol. The number of benzene rings is 3. The van der Waals surface area contributed by atoms with E-state index in [1.807, 2.05) is 54.6 Å². The van der Waals surface area contributed by atoms with Crippen molar-refractivity contribution in [2.24, 2.45) is 0 Å². The minimum Gasteiger partial charge on any atom is -0.454 e. The molecule has 0 aliphatic carbocycles. The molecule has 1 aromatic heterocycles. The molecule has 4 heterocycles. The quantitative estimate of drug-likeness (QED) is 0.291. The van der Waals surface area contributed by atoms with Gasteiger partial charge in [-0.15, -0.1) is 0 Å². The first-order valence-electron chi connectivity index (χ1n) is 12.4. The van der Waals surface area contributed by atoms with Gasteiger partial charge in [-0.05, 0) is 53.1 Å². The van der Waals surface area contributed by atoms with Gasteiger partial charge in [0.2, 0.25) is 38.2 Å². The molecular formula is C27H24N6O6. The molecule has 7 rings (SSSR count). The summed E-state index contributed by atoms with van der Waals surface area (Å²) in [5, 5.41) is 9.86. The summed E-state index contributed by atoms with van der Waals surface area (Å²) in [7, 11) is 0. The molecule has 198 valence electrons. The van der Waals surface area contributed by atoms with Crippen LogP contribution in [0, 0.1) is 0 Å². The molecule has 0 fully saturated rings. The van der Waals surface area contributed by atoms with Gasteiger partial charge in [-0.1, -0.05) is 18.2 Å². The summed E-state index contributed by atoms with van der Waals surface area (Å²) in [6.07, 6.45) is 0. The van der Waals surface area contributed by atoms with Crippen LogP contribution in [0.4, 0.5) is 17.8 Å². The molecule has 0 unspecified atom stereocenters. The van der Waals surface area contributed by atoms with Gasteiger partial charge in [0.1, 0.15) is 0 Å². The molecule has 0 radical (unpaired) electrons. The van der Waals surface area contributed by atoms with E-state index in [2.05, 4.69) is 30.9 Å². The predicted octanol–water partition coefficient (Wildman–Crippen LogP) is 3.89. The standard InChI is InChI=1S/C27H24N6O6/c1-4-19-22(37-13-34-19)7-16(1)10-28-25-31-26(29-11-17-2-5-20-23(8-17)38-14-35-20)33-27(32-25)30-12-18-3-6-21-24(9-18)39-15-36-21/h1-9H,10-15H2,(H3,28,29,30,31,32,33). The molecule has 12 heteroatoms. The Labute approximate surface area is 223 Å². The van der Waals surface area contributed by atoms with Crippen molar-refractivity contribution in [1.82, 2.24) is 15.0 Å². The molecule has 0 atom stereocenters. The van der Waals surface area contributed by atoms with Crippen LogP contribution in [-0.4, -0.2) is 35.3 Å². The van der Waals surface area contributed by atoms with Gasteiger partial charge in [-0.2, -0.15) is 15.0 Å². The number of anilines is 3. The molecule has 0 saturated heterocycles. The SMILES string of the molecule is c1cc2c(cc1CNc1nc(NCc3ccc4c(c3)OCO4)nc(NCc3ccc4c(c3)OCO4)n1)OCO2. The van der Waals surface area contributed by atoms with E-state index in [0.717, 1.165) is 51.2 Å². The van der Waals surface area contributed by atoms with Crippen LogP contribution >= 0.6 is 0 Å². The average molecular weight is 529 g/mol. The largest absolute Gasteiger partial charge is 0.454 e. The molecule has 0 spiro atoms. The van der Waals surface area contributed by atoms with Crippen molar-refractivity contribution >= 4 is 17.8 Å². The number of rotatable bonds is 9. The summed E-state index contributed by atoms with van der Waals surface area (Å²) in [5.41, 5.74) is 3.01. The topological polar surface area (TPSA) is 130 Å². The third kappa shape index (κ3) is 5.04. The summed E-state index contributed by atoms with van der Waals surface area (Å²) in [6.45, 7) is 2.17. The molecule has 3 aliphatic heterocycles. The number of hydrogen-bond acceptors (Lipinski definition) is 12. The summed E-state index contributed by atoms with van der Waals surface area (Å²) in [4.78, 5) is 13.7. The summed E-state index contributed by atoms with van der Waals surface area (Å²) in [5.74, 6) is 5.65. The first-order valence-corrected chi connectivity index (χ1v) is 12.4. The van der Waals surface area contributed by atoms with Crippen molar-refractivity contribution < 1.29 is 28.4 Å². The van der Waals surface area contributed by atoms with Gasteiger partial charge in [-0.25, -0.2) is 0 Å². The molecule has 0 bridgehead atoms. The summed E-state index contributed by atoms with van der Waals surface area (Å²) >= 11 is 0. The van der Waals surface area contributed by atoms with Gasteiger partial charge in [-0.3, -0.25) is 0 Å². The van der Waals surface area contributed by atoms with Crippen LogP contribution in [0.2, 0.25) is 0 Å². The Morgan fingerprint density at radius 3 is 1.08 bits per heavy atom. The average Bonchev–Trinajstić information content (AvgIpc) is 3.73. The molecule has 39 heavy (non-hydrogen) atoms. The van der Waals surface area contributed by atoms with Crippen molar-refractivity contribution in [2.75, 3.05) is 36.3 Å².